The molecule has 0 spiro atoms. The molecule has 5 nitrogen and oxygen atoms in total. The molecule has 29 heavy (non-hydrogen) atoms. The van der Waals surface area contributed by atoms with Gasteiger partial charge < -0.3 is 9.80 Å². The molecule has 0 N–H and O–H groups in total. The Bertz CT molecular complexity index is 889. The van der Waals surface area contributed by atoms with Crippen LogP contribution in [0, 0.1) is 0 Å². The number of benzene rings is 2. The lowest BCUT2D eigenvalue weighted by Crippen LogP contribution is -2.38. The number of rotatable bonds is 8. The molecule has 2 aromatic carbocycles. The fourth-order valence-electron chi connectivity index (χ4n) is 3.83. The summed E-state index contributed by atoms with van der Waals surface area (Å²) in [6.07, 6.45) is 6.00. The Morgan fingerprint density at radius 3 is 2.48 bits per heavy atom. The maximum absolute atomic E-state index is 6.44. The van der Waals surface area contributed by atoms with E-state index in [0.717, 1.165) is 42.6 Å². The van der Waals surface area contributed by atoms with Crippen LogP contribution in [-0.2, 0) is 13.1 Å². The van der Waals surface area contributed by atoms with Gasteiger partial charge in [-0.25, -0.2) is 4.68 Å². The van der Waals surface area contributed by atoms with Gasteiger partial charge in [-0.1, -0.05) is 71.8 Å². The fourth-order valence-corrected chi connectivity index (χ4v) is 4.03. The van der Waals surface area contributed by atoms with Crippen LogP contribution in [-0.4, -0.2) is 46.1 Å². The second kappa shape index (κ2) is 9.90. The van der Waals surface area contributed by atoms with Crippen molar-refractivity contribution in [1.82, 2.24) is 19.9 Å². The Morgan fingerprint density at radius 2 is 1.69 bits per heavy atom. The van der Waals surface area contributed by atoms with E-state index in [1.807, 2.05) is 35.1 Å². The van der Waals surface area contributed by atoms with Gasteiger partial charge in [-0.2, -0.15) is 0 Å². The van der Waals surface area contributed by atoms with Crippen LogP contribution in [0.25, 0.3) is 0 Å². The summed E-state index contributed by atoms with van der Waals surface area (Å²) >= 11 is 6.44. The quantitative estimate of drug-likeness (QED) is 0.550. The number of piperidine rings is 1. The third-order valence-electron chi connectivity index (χ3n) is 5.49. The molecule has 6 heteroatoms. The van der Waals surface area contributed by atoms with Crippen molar-refractivity contribution in [2.45, 2.75) is 32.4 Å². The fraction of sp³-hybridized carbons (Fsp3) is 0.391. The van der Waals surface area contributed by atoms with Crippen molar-refractivity contribution < 1.29 is 0 Å². The summed E-state index contributed by atoms with van der Waals surface area (Å²) in [5.41, 5.74) is 2.33. The molecule has 0 amide bonds. The van der Waals surface area contributed by atoms with Crippen molar-refractivity contribution in [3.05, 3.63) is 76.9 Å². The van der Waals surface area contributed by atoms with Crippen molar-refractivity contribution in [3.8, 4) is 0 Å². The van der Waals surface area contributed by atoms with E-state index in [1.165, 1.54) is 37.9 Å². The van der Waals surface area contributed by atoms with Gasteiger partial charge in [-0.3, -0.25) is 0 Å². The smallest absolute Gasteiger partial charge is 0.171 e. The molecule has 0 atom stereocenters. The topological polar surface area (TPSA) is 37.2 Å². The first-order valence-corrected chi connectivity index (χ1v) is 10.8. The Labute approximate surface area is 177 Å². The average molecular weight is 410 g/mol. The average Bonchev–Trinajstić information content (AvgIpc) is 3.22. The van der Waals surface area contributed by atoms with E-state index >= 15 is 0 Å². The minimum absolute atomic E-state index is 0.722. The van der Waals surface area contributed by atoms with Crippen LogP contribution in [0.2, 0.25) is 5.02 Å². The Balaban J connectivity index is 1.48. The number of nitrogens with zero attached hydrogens (tertiary/aromatic N) is 5. The molecule has 0 bridgehead atoms. The molecular formula is C23H28ClN5. The van der Waals surface area contributed by atoms with Crippen molar-refractivity contribution in [1.29, 1.82) is 0 Å². The maximum Gasteiger partial charge on any atom is 0.171 e. The zero-order valence-electron chi connectivity index (χ0n) is 16.8. The van der Waals surface area contributed by atoms with Gasteiger partial charge in [0.1, 0.15) is 0 Å². The highest BCUT2D eigenvalue weighted by atomic mass is 35.5. The van der Waals surface area contributed by atoms with Gasteiger partial charge in [0.2, 0.25) is 0 Å². The van der Waals surface area contributed by atoms with Crippen LogP contribution in [0.15, 0.2) is 60.8 Å². The van der Waals surface area contributed by atoms with Crippen molar-refractivity contribution in [2.75, 3.05) is 31.1 Å². The molecule has 2 heterocycles. The molecule has 1 fully saturated rings. The van der Waals surface area contributed by atoms with Crippen molar-refractivity contribution >= 4 is 17.4 Å². The molecular weight excluding hydrogens is 382 g/mol. The van der Waals surface area contributed by atoms with Gasteiger partial charge in [0, 0.05) is 24.7 Å². The summed E-state index contributed by atoms with van der Waals surface area (Å²) in [4.78, 5) is 4.85. The van der Waals surface area contributed by atoms with Crippen LogP contribution in [0.1, 0.15) is 30.4 Å². The summed E-state index contributed by atoms with van der Waals surface area (Å²) in [5, 5.41) is 9.65. The van der Waals surface area contributed by atoms with E-state index in [-0.39, 0.29) is 0 Å². The van der Waals surface area contributed by atoms with Crippen LogP contribution < -0.4 is 4.90 Å². The first-order valence-electron chi connectivity index (χ1n) is 10.4. The lowest BCUT2D eigenvalue weighted by atomic mass is 10.1. The zero-order chi connectivity index (χ0) is 19.9. The molecule has 1 saturated heterocycles. The highest BCUT2D eigenvalue weighted by Gasteiger charge is 2.16. The summed E-state index contributed by atoms with van der Waals surface area (Å²) < 4.78 is 1.91. The van der Waals surface area contributed by atoms with Crippen molar-refractivity contribution in [2.24, 2.45) is 0 Å². The second-order valence-corrected chi connectivity index (χ2v) is 8.08. The number of halogens is 1. The van der Waals surface area contributed by atoms with Gasteiger partial charge >= 0.3 is 0 Å². The van der Waals surface area contributed by atoms with Gasteiger partial charge in [0.15, 0.2) is 5.82 Å². The van der Waals surface area contributed by atoms with Gasteiger partial charge in [0.25, 0.3) is 0 Å². The molecule has 3 aromatic rings. The van der Waals surface area contributed by atoms with Gasteiger partial charge in [-0.05, 0) is 43.1 Å². The summed E-state index contributed by atoms with van der Waals surface area (Å²) in [7, 11) is 0. The zero-order valence-corrected chi connectivity index (χ0v) is 17.5. The minimum atomic E-state index is 0.722. The van der Waals surface area contributed by atoms with E-state index < -0.39 is 0 Å². The third-order valence-corrected chi connectivity index (χ3v) is 5.86. The monoisotopic (exact) mass is 409 g/mol. The summed E-state index contributed by atoms with van der Waals surface area (Å²) in [6, 6.07) is 18.4. The van der Waals surface area contributed by atoms with Crippen LogP contribution in [0.4, 0.5) is 5.82 Å². The van der Waals surface area contributed by atoms with E-state index in [2.05, 4.69) is 50.4 Å². The predicted octanol–water partition coefficient (Wildman–Crippen LogP) is 4.47. The standard InChI is InChI=1S/C23H28ClN5/c24-22-12-6-5-11-21(22)18-28(16-15-27-13-7-2-8-14-27)23-19-29(26-25-23)17-20-9-3-1-4-10-20/h1,3-6,9-12,19H,2,7-8,13-18H2. The number of hydrogen-bond acceptors (Lipinski definition) is 4. The Morgan fingerprint density at radius 1 is 0.931 bits per heavy atom. The maximum atomic E-state index is 6.44. The first kappa shape index (κ1) is 19.9. The largest absolute Gasteiger partial charge is 0.348 e. The molecule has 152 valence electrons. The van der Waals surface area contributed by atoms with Gasteiger partial charge in [0.05, 0.1) is 12.7 Å². The molecule has 0 radical (unpaired) electrons. The van der Waals surface area contributed by atoms with E-state index in [0.29, 0.717) is 0 Å². The van der Waals surface area contributed by atoms with Crippen molar-refractivity contribution in [3.63, 3.8) is 0 Å². The number of aromatic nitrogens is 3. The number of anilines is 1. The van der Waals surface area contributed by atoms with E-state index in [9.17, 15) is 0 Å². The third kappa shape index (κ3) is 5.58. The SMILES string of the molecule is Clc1ccccc1CN(CCN1CCCCC1)c1cn(Cc2ccccc2)nn1. The highest BCUT2D eigenvalue weighted by Crippen LogP contribution is 2.21. The molecule has 1 aromatic heterocycles. The lowest BCUT2D eigenvalue weighted by molar-refractivity contribution is 0.233. The summed E-state index contributed by atoms with van der Waals surface area (Å²) in [5.74, 6) is 0.901. The highest BCUT2D eigenvalue weighted by molar-refractivity contribution is 6.31. The first-order chi connectivity index (χ1) is 14.3. The molecule has 4 rings (SSSR count). The predicted molar refractivity (Wildman–Crippen MR) is 118 cm³/mol. The molecule has 1 aliphatic heterocycles. The molecule has 0 unspecified atom stereocenters. The number of hydrogen-bond donors (Lipinski definition) is 0. The van der Waals surface area contributed by atoms with Crippen LogP contribution >= 0.6 is 11.6 Å². The summed E-state index contributed by atoms with van der Waals surface area (Å²) in [6.45, 7) is 5.80. The molecule has 1 aliphatic rings. The van der Waals surface area contributed by atoms with E-state index in [1.54, 1.807) is 0 Å². The second-order valence-electron chi connectivity index (χ2n) is 7.68. The van der Waals surface area contributed by atoms with Crippen LogP contribution in [0.3, 0.4) is 0 Å². The normalized spacial score (nSPS) is 14.8. The molecule has 0 aliphatic carbocycles. The Hall–Kier alpha value is -2.37. The van der Waals surface area contributed by atoms with E-state index in [4.69, 9.17) is 11.6 Å². The lowest BCUT2D eigenvalue weighted by Gasteiger charge is -2.30. The minimum Gasteiger partial charge on any atom is -0.348 e. The molecule has 0 saturated carbocycles. The number of likely N-dealkylation sites (tertiary alicyclic amines) is 1. The van der Waals surface area contributed by atoms with Gasteiger partial charge in [-0.15, -0.1) is 5.10 Å². The Kier molecular flexibility index (Phi) is 6.80. The van der Waals surface area contributed by atoms with Crippen LogP contribution in [0.5, 0.6) is 0 Å².